The quantitative estimate of drug-likeness (QED) is 0.616. The van der Waals surface area contributed by atoms with Gasteiger partial charge in [0.05, 0.1) is 12.5 Å². The molecule has 86 valence electrons. The number of nitrogens with one attached hydrogen (secondary N) is 2. The van der Waals surface area contributed by atoms with Gasteiger partial charge in [-0.3, -0.25) is 4.79 Å². The Hall–Kier alpha value is -0.610. The van der Waals surface area contributed by atoms with Gasteiger partial charge in [0.1, 0.15) is 0 Å². The van der Waals surface area contributed by atoms with Crippen molar-refractivity contribution in [3.8, 4) is 0 Å². The Morgan fingerprint density at radius 1 is 1.40 bits per heavy atom. The summed E-state index contributed by atoms with van der Waals surface area (Å²) in [6.45, 7) is 3.98. The zero-order valence-corrected chi connectivity index (χ0v) is 9.13. The number of rotatable bonds is 6. The minimum Gasteiger partial charge on any atom is -0.379 e. The van der Waals surface area contributed by atoms with Crippen LogP contribution in [0, 0.1) is 11.8 Å². The van der Waals surface area contributed by atoms with Crippen molar-refractivity contribution in [2.75, 3.05) is 32.8 Å². The lowest BCUT2D eigenvalue weighted by Crippen LogP contribution is -2.34. The van der Waals surface area contributed by atoms with Gasteiger partial charge in [0.25, 0.3) is 0 Å². The van der Waals surface area contributed by atoms with E-state index in [-0.39, 0.29) is 11.8 Å². The van der Waals surface area contributed by atoms with Crippen LogP contribution in [0.15, 0.2) is 0 Å². The van der Waals surface area contributed by atoms with Crippen molar-refractivity contribution >= 4 is 5.91 Å². The maximum absolute atomic E-state index is 11.5. The Morgan fingerprint density at radius 3 is 2.93 bits per heavy atom. The normalized spacial score (nSPS) is 25.5. The number of ether oxygens (including phenoxy) is 1. The standard InChI is InChI=1S/C11H20N2O2/c14-11(10-3-4-12-7-10)13-5-6-15-8-9-1-2-9/h9-10,12H,1-8H2,(H,13,14)/t10-/m0/s1. The van der Waals surface area contributed by atoms with Crippen molar-refractivity contribution in [2.45, 2.75) is 19.3 Å². The average Bonchev–Trinajstić information content (AvgIpc) is 2.90. The van der Waals surface area contributed by atoms with Gasteiger partial charge in [0, 0.05) is 19.7 Å². The lowest BCUT2D eigenvalue weighted by molar-refractivity contribution is -0.124. The van der Waals surface area contributed by atoms with Crippen LogP contribution in [0.4, 0.5) is 0 Å². The number of hydrogen-bond donors (Lipinski definition) is 2. The summed E-state index contributed by atoms with van der Waals surface area (Å²) in [6, 6.07) is 0. The van der Waals surface area contributed by atoms with Crippen molar-refractivity contribution < 1.29 is 9.53 Å². The maximum atomic E-state index is 11.5. The Kier molecular flexibility index (Phi) is 3.97. The molecule has 2 rings (SSSR count). The van der Waals surface area contributed by atoms with Crippen LogP contribution in [-0.4, -0.2) is 38.8 Å². The molecule has 2 N–H and O–H groups in total. The van der Waals surface area contributed by atoms with Crippen molar-refractivity contribution in [3.05, 3.63) is 0 Å². The molecule has 1 aliphatic carbocycles. The molecule has 4 heteroatoms. The zero-order chi connectivity index (χ0) is 10.5. The van der Waals surface area contributed by atoms with Gasteiger partial charge in [-0.1, -0.05) is 0 Å². The van der Waals surface area contributed by atoms with Crippen LogP contribution in [0.25, 0.3) is 0 Å². The lowest BCUT2D eigenvalue weighted by atomic mass is 10.1. The number of amides is 1. The van der Waals surface area contributed by atoms with Crippen molar-refractivity contribution in [2.24, 2.45) is 11.8 Å². The van der Waals surface area contributed by atoms with Crippen LogP contribution in [0.2, 0.25) is 0 Å². The van der Waals surface area contributed by atoms with Crippen molar-refractivity contribution in [1.29, 1.82) is 0 Å². The fourth-order valence-corrected chi connectivity index (χ4v) is 1.80. The number of hydrogen-bond acceptors (Lipinski definition) is 3. The van der Waals surface area contributed by atoms with E-state index in [4.69, 9.17) is 4.74 Å². The highest BCUT2D eigenvalue weighted by Crippen LogP contribution is 2.28. The third-order valence-electron chi connectivity index (χ3n) is 3.03. The molecule has 0 aromatic heterocycles. The van der Waals surface area contributed by atoms with Gasteiger partial charge in [-0.25, -0.2) is 0 Å². The van der Waals surface area contributed by atoms with Crippen LogP contribution < -0.4 is 10.6 Å². The molecular formula is C11H20N2O2. The van der Waals surface area contributed by atoms with E-state index in [1.54, 1.807) is 0 Å². The second-order valence-corrected chi connectivity index (χ2v) is 4.50. The van der Waals surface area contributed by atoms with Gasteiger partial charge in [-0.2, -0.15) is 0 Å². The Bertz CT molecular complexity index is 211. The van der Waals surface area contributed by atoms with Gasteiger partial charge in [0.15, 0.2) is 0 Å². The summed E-state index contributed by atoms with van der Waals surface area (Å²) in [6.07, 6.45) is 3.61. The van der Waals surface area contributed by atoms with Crippen molar-refractivity contribution in [3.63, 3.8) is 0 Å². The summed E-state index contributed by atoms with van der Waals surface area (Å²) in [4.78, 5) is 11.5. The molecular weight excluding hydrogens is 192 g/mol. The van der Waals surface area contributed by atoms with Gasteiger partial charge in [-0.15, -0.1) is 0 Å². The number of carbonyl (C=O) groups excluding carboxylic acids is 1. The molecule has 1 saturated carbocycles. The molecule has 1 saturated heterocycles. The third-order valence-corrected chi connectivity index (χ3v) is 3.03. The van der Waals surface area contributed by atoms with E-state index < -0.39 is 0 Å². The molecule has 0 unspecified atom stereocenters. The molecule has 1 atom stereocenters. The van der Waals surface area contributed by atoms with Crippen LogP contribution in [-0.2, 0) is 9.53 Å². The van der Waals surface area contributed by atoms with Gasteiger partial charge < -0.3 is 15.4 Å². The topological polar surface area (TPSA) is 50.4 Å². The van der Waals surface area contributed by atoms with E-state index >= 15 is 0 Å². The van der Waals surface area contributed by atoms with Crippen LogP contribution in [0.1, 0.15) is 19.3 Å². The summed E-state index contributed by atoms with van der Waals surface area (Å²) in [5.74, 6) is 1.16. The van der Waals surface area contributed by atoms with E-state index in [9.17, 15) is 4.79 Å². The van der Waals surface area contributed by atoms with E-state index in [0.717, 1.165) is 32.0 Å². The van der Waals surface area contributed by atoms with Crippen LogP contribution in [0.3, 0.4) is 0 Å². The molecule has 1 amide bonds. The molecule has 0 bridgehead atoms. The molecule has 0 spiro atoms. The van der Waals surface area contributed by atoms with Gasteiger partial charge >= 0.3 is 0 Å². The second kappa shape index (κ2) is 5.47. The largest absolute Gasteiger partial charge is 0.379 e. The molecule has 4 nitrogen and oxygen atoms in total. The third kappa shape index (κ3) is 3.80. The first kappa shape index (κ1) is 10.9. The highest BCUT2D eigenvalue weighted by atomic mass is 16.5. The number of carbonyl (C=O) groups is 1. The summed E-state index contributed by atoms with van der Waals surface area (Å²) in [7, 11) is 0. The fourth-order valence-electron chi connectivity index (χ4n) is 1.80. The molecule has 0 radical (unpaired) electrons. The second-order valence-electron chi connectivity index (χ2n) is 4.50. The summed E-state index contributed by atoms with van der Waals surface area (Å²) in [5, 5.41) is 6.10. The molecule has 0 aromatic carbocycles. The smallest absolute Gasteiger partial charge is 0.224 e. The lowest BCUT2D eigenvalue weighted by Gasteiger charge is -2.09. The van der Waals surface area contributed by atoms with Gasteiger partial charge in [0.2, 0.25) is 5.91 Å². The molecule has 15 heavy (non-hydrogen) atoms. The molecule has 1 heterocycles. The Balaban J connectivity index is 1.46. The van der Waals surface area contributed by atoms with E-state index in [1.807, 2.05) is 0 Å². The Labute approximate surface area is 90.8 Å². The van der Waals surface area contributed by atoms with E-state index in [2.05, 4.69) is 10.6 Å². The predicted molar refractivity (Wildman–Crippen MR) is 57.5 cm³/mol. The molecule has 0 aromatic rings. The highest BCUT2D eigenvalue weighted by Gasteiger charge is 2.22. The zero-order valence-electron chi connectivity index (χ0n) is 9.13. The fraction of sp³-hybridized carbons (Fsp3) is 0.909. The van der Waals surface area contributed by atoms with Crippen molar-refractivity contribution in [1.82, 2.24) is 10.6 Å². The molecule has 1 aliphatic heterocycles. The summed E-state index contributed by atoms with van der Waals surface area (Å²) < 4.78 is 5.44. The Morgan fingerprint density at radius 2 is 2.27 bits per heavy atom. The average molecular weight is 212 g/mol. The van der Waals surface area contributed by atoms with E-state index in [0.29, 0.717) is 13.2 Å². The summed E-state index contributed by atoms with van der Waals surface area (Å²) >= 11 is 0. The van der Waals surface area contributed by atoms with Crippen LogP contribution in [0.5, 0.6) is 0 Å². The first-order valence-corrected chi connectivity index (χ1v) is 5.92. The highest BCUT2D eigenvalue weighted by molar-refractivity contribution is 5.79. The first-order valence-electron chi connectivity index (χ1n) is 5.92. The predicted octanol–water partition coefficient (Wildman–Crippen LogP) is 0.139. The summed E-state index contributed by atoms with van der Waals surface area (Å²) in [5.41, 5.74) is 0. The minimum atomic E-state index is 0.174. The molecule has 2 fully saturated rings. The minimum absolute atomic E-state index is 0.174. The molecule has 2 aliphatic rings. The SMILES string of the molecule is O=C(NCCOCC1CC1)[C@H]1CCNC1. The van der Waals surface area contributed by atoms with Crippen LogP contribution >= 0.6 is 0 Å². The maximum Gasteiger partial charge on any atom is 0.224 e. The first-order chi connectivity index (χ1) is 7.36. The van der Waals surface area contributed by atoms with E-state index in [1.165, 1.54) is 12.8 Å². The van der Waals surface area contributed by atoms with Gasteiger partial charge in [-0.05, 0) is 31.7 Å². The monoisotopic (exact) mass is 212 g/mol.